The summed E-state index contributed by atoms with van der Waals surface area (Å²) in [7, 11) is 1.47. The molecule has 0 spiro atoms. The highest BCUT2D eigenvalue weighted by Gasteiger charge is 2.65. The molecule has 35 heavy (non-hydrogen) atoms. The van der Waals surface area contributed by atoms with Gasteiger partial charge in [0.05, 0.1) is 7.11 Å². The van der Waals surface area contributed by atoms with Gasteiger partial charge in [-0.25, -0.2) is 0 Å². The van der Waals surface area contributed by atoms with Gasteiger partial charge >= 0.3 is 11.9 Å². The molecule has 0 aromatic rings. The van der Waals surface area contributed by atoms with Crippen molar-refractivity contribution in [2.75, 3.05) is 7.11 Å². The zero-order chi connectivity index (χ0) is 25.5. The molecule has 10 atom stereocenters. The molecule has 4 saturated carbocycles. The highest BCUT2D eigenvalue weighted by molar-refractivity contribution is 5.86. The van der Waals surface area contributed by atoms with Crippen LogP contribution in [0.5, 0.6) is 0 Å². The Labute approximate surface area is 212 Å². The van der Waals surface area contributed by atoms with Crippen molar-refractivity contribution in [1.82, 2.24) is 0 Å². The first-order valence-corrected chi connectivity index (χ1v) is 14.4. The lowest BCUT2D eigenvalue weighted by Crippen LogP contribution is -2.60. The van der Waals surface area contributed by atoms with Crippen LogP contribution in [0.2, 0.25) is 0 Å². The summed E-state index contributed by atoms with van der Waals surface area (Å²) >= 11 is 0. The summed E-state index contributed by atoms with van der Waals surface area (Å²) in [6, 6.07) is 0. The first-order chi connectivity index (χ1) is 16.6. The van der Waals surface area contributed by atoms with E-state index in [4.69, 9.17) is 9.47 Å². The van der Waals surface area contributed by atoms with Gasteiger partial charge in [-0.15, -0.1) is 0 Å². The van der Waals surface area contributed by atoms with Crippen molar-refractivity contribution < 1.29 is 23.9 Å². The SMILES string of the molecule is CCC(=O)O[C@@H]1CC[C@]2(C)[C@H]3CC[C@]4(C)[C@@H]([C@H](C)CCC(=O)OC)CC[C@H]4[C@@H]3C(=O)[C@H](CC)[C@@H]2C1. The first-order valence-electron chi connectivity index (χ1n) is 14.4. The minimum Gasteiger partial charge on any atom is -0.469 e. The molecule has 0 radical (unpaired) electrons. The maximum atomic E-state index is 14.2. The number of hydrogen-bond donors (Lipinski definition) is 0. The molecule has 0 aromatic heterocycles. The van der Waals surface area contributed by atoms with Crippen LogP contribution >= 0.6 is 0 Å². The number of Topliss-reactive ketones (excluding diaryl/α,β-unsaturated/α-hetero) is 1. The van der Waals surface area contributed by atoms with Crippen molar-refractivity contribution in [2.45, 2.75) is 111 Å². The standard InChI is InChI=1S/C30H48O5/c1-7-20-24-17-19(35-25(31)8-2)13-15-30(24,5)23-14-16-29(4)21(18(3)9-12-26(32)34-6)10-11-22(29)27(23)28(20)33/h18-24,27H,7-17H2,1-6H3/t18-,19-,20-,21-,22+,23+,24+,27+,29-,30-/m1/s1. The third-order valence-corrected chi connectivity index (χ3v) is 11.5. The Kier molecular flexibility index (Phi) is 7.75. The zero-order valence-corrected chi connectivity index (χ0v) is 22.9. The summed E-state index contributed by atoms with van der Waals surface area (Å²) in [6.07, 6.45) is 10.1. The third kappa shape index (κ3) is 4.48. The first kappa shape index (κ1) is 26.7. The van der Waals surface area contributed by atoms with E-state index in [1.807, 2.05) is 6.92 Å². The number of carbonyl (C=O) groups excluding carboxylic acids is 3. The van der Waals surface area contributed by atoms with Crippen LogP contribution < -0.4 is 0 Å². The van der Waals surface area contributed by atoms with Gasteiger partial charge in [-0.05, 0) is 98.2 Å². The molecule has 198 valence electrons. The van der Waals surface area contributed by atoms with Gasteiger partial charge in [0.25, 0.3) is 0 Å². The molecule has 0 amide bonds. The van der Waals surface area contributed by atoms with Crippen molar-refractivity contribution in [2.24, 2.45) is 52.3 Å². The number of ether oxygens (including phenoxy) is 2. The Morgan fingerprint density at radius 2 is 1.66 bits per heavy atom. The van der Waals surface area contributed by atoms with E-state index in [-0.39, 0.29) is 40.7 Å². The molecule has 4 aliphatic carbocycles. The zero-order valence-electron chi connectivity index (χ0n) is 22.9. The van der Waals surface area contributed by atoms with Gasteiger partial charge in [0.1, 0.15) is 11.9 Å². The van der Waals surface area contributed by atoms with Crippen LogP contribution in [0.25, 0.3) is 0 Å². The quantitative estimate of drug-likeness (QED) is 0.389. The van der Waals surface area contributed by atoms with E-state index in [1.165, 1.54) is 20.0 Å². The molecule has 5 heteroatoms. The lowest BCUT2D eigenvalue weighted by Gasteiger charge is -2.62. The number of fused-ring (bicyclic) bond motifs is 5. The van der Waals surface area contributed by atoms with Crippen LogP contribution in [-0.2, 0) is 23.9 Å². The summed E-state index contributed by atoms with van der Waals surface area (Å²) in [4.78, 5) is 38.0. The normalized spacial score (nSPS) is 43.5. The smallest absolute Gasteiger partial charge is 0.305 e. The largest absolute Gasteiger partial charge is 0.469 e. The number of rotatable bonds is 7. The Balaban J connectivity index is 1.56. The monoisotopic (exact) mass is 488 g/mol. The molecule has 4 fully saturated rings. The number of ketones is 1. The lowest BCUT2D eigenvalue weighted by molar-refractivity contribution is -0.179. The van der Waals surface area contributed by atoms with Crippen LogP contribution in [0.1, 0.15) is 105 Å². The van der Waals surface area contributed by atoms with E-state index >= 15 is 0 Å². The van der Waals surface area contributed by atoms with Gasteiger partial charge in [0.15, 0.2) is 0 Å². The van der Waals surface area contributed by atoms with Gasteiger partial charge < -0.3 is 9.47 Å². The van der Waals surface area contributed by atoms with E-state index in [0.717, 1.165) is 44.9 Å². The Morgan fingerprint density at radius 3 is 2.31 bits per heavy atom. The maximum absolute atomic E-state index is 14.2. The fraction of sp³-hybridized carbons (Fsp3) is 0.900. The minimum atomic E-state index is -0.118. The molecule has 0 unspecified atom stereocenters. The second kappa shape index (κ2) is 10.2. The average Bonchev–Trinajstić information content (AvgIpc) is 3.20. The molecular formula is C30H48O5. The van der Waals surface area contributed by atoms with Crippen LogP contribution in [0.3, 0.4) is 0 Å². The van der Waals surface area contributed by atoms with Gasteiger partial charge in [-0.3, -0.25) is 14.4 Å². The van der Waals surface area contributed by atoms with E-state index in [1.54, 1.807) is 0 Å². The predicted octanol–water partition coefficient (Wildman–Crippen LogP) is 6.37. The number of esters is 2. The molecule has 0 N–H and O–H groups in total. The van der Waals surface area contributed by atoms with Crippen molar-refractivity contribution >= 4 is 17.7 Å². The maximum Gasteiger partial charge on any atom is 0.305 e. The van der Waals surface area contributed by atoms with Crippen molar-refractivity contribution in [3.05, 3.63) is 0 Å². The fourth-order valence-corrected chi connectivity index (χ4v) is 9.62. The van der Waals surface area contributed by atoms with Crippen molar-refractivity contribution in [3.63, 3.8) is 0 Å². The molecule has 4 aliphatic rings. The van der Waals surface area contributed by atoms with Crippen molar-refractivity contribution in [1.29, 1.82) is 0 Å². The van der Waals surface area contributed by atoms with Gasteiger partial charge in [0.2, 0.25) is 0 Å². The van der Waals surface area contributed by atoms with Crippen LogP contribution in [0, 0.1) is 52.3 Å². The lowest BCUT2D eigenvalue weighted by atomic mass is 9.42. The molecule has 4 rings (SSSR count). The summed E-state index contributed by atoms with van der Waals surface area (Å²) in [6.45, 7) is 11.3. The van der Waals surface area contributed by atoms with Crippen LogP contribution in [-0.4, -0.2) is 30.9 Å². The minimum absolute atomic E-state index is 0.0284. The summed E-state index contributed by atoms with van der Waals surface area (Å²) in [5, 5.41) is 0. The van der Waals surface area contributed by atoms with Gasteiger partial charge in [0, 0.05) is 24.7 Å². The second-order valence-corrected chi connectivity index (χ2v) is 12.8. The summed E-state index contributed by atoms with van der Waals surface area (Å²) < 4.78 is 10.7. The molecule has 5 nitrogen and oxygen atoms in total. The third-order valence-electron chi connectivity index (χ3n) is 11.5. The molecule has 0 aromatic carbocycles. The fourth-order valence-electron chi connectivity index (χ4n) is 9.62. The molecule has 0 saturated heterocycles. The predicted molar refractivity (Wildman–Crippen MR) is 135 cm³/mol. The van der Waals surface area contributed by atoms with E-state index in [9.17, 15) is 14.4 Å². The van der Waals surface area contributed by atoms with Crippen molar-refractivity contribution in [3.8, 4) is 0 Å². The van der Waals surface area contributed by atoms with Gasteiger partial charge in [-0.2, -0.15) is 0 Å². The average molecular weight is 489 g/mol. The van der Waals surface area contributed by atoms with E-state index < -0.39 is 0 Å². The van der Waals surface area contributed by atoms with Crippen LogP contribution in [0.15, 0.2) is 0 Å². The van der Waals surface area contributed by atoms with Crippen LogP contribution in [0.4, 0.5) is 0 Å². The molecule has 0 aliphatic heterocycles. The summed E-state index contributed by atoms with van der Waals surface area (Å²) in [5.41, 5.74) is 0.339. The molecular weight excluding hydrogens is 440 g/mol. The van der Waals surface area contributed by atoms with E-state index in [0.29, 0.717) is 48.2 Å². The molecule has 0 bridgehead atoms. The summed E-state index contributed by atoms with van der Waals surface area (Å²) in [5.74, 6) is 2.82. The Morgan fingerprint density at radius 1 is 0.971 bits per heavy atom. The Hall–Kier alpha value is -1.39. The number of methoxy groups -OCH3 is 1. The number of hydrogen-bond acceptors (Lipinski definition) is 5. The van der Waals surface area contributed by atoms with E-state index in [2.05, 4.69) is 27.7 Å². The second-order valence-electron chi connectivity index (χ2n) is 12.8. The number of carbonyl (C=O) groups is 3. The van der Waals surface area contributed by atoms with Gasteiger partial charge in [-0.1, -0.05) is 34.6 Å². The molecule has 0 heterocycles. The highest BCUT2D eigenvalue weighted by atomic mass is 16.5. The Bertz CT molecular complexity index is 822. The highest BCUT2D eigenvalue weighted by Crippen LogP contribution is 2.68. The topological polar surface area (TPSA) is 69.7 Å².